The van der Waals surface area contributed by atoms with Crippen LogP contribution in [0.5, 0.6) is 5.75 Å². The maximum atomic E-state index is 9.63. The minimum absolute atomic E-state index is 0.163. The predicted octanol–water partition coefficient (Wildman–Crippen LogP) is 6.31. The maximum Gasteiger partial charge on any atom is 0.123 e. The van der Waals surface area contributed by atoms with Gasteiger partial charge in [-0.25, -0.2) is 0 Å². The highest BCUT2D eigenvalue weighted by molar-refractivity contribution is 5.94. The number of hydrogen-bond donors (Lipinski definition) is 1. The summed E-state index contributed by atoms with van der Waals surface area (Å²) in [6.45, 7) is 6.01. The summed E-state index contributed by atoms with van der Waals surface area (Å²) in [7, 11) is 0. The quantitative estimate of drug-likeness (QED) is 0.395. The van der Waals surface area contributed by atoms with Crippen molar-refractivity contribution in [2.75, 3.05) is 0 Å². The highest BCUT2D eigenvalue weighted by Crippen LogP contribution is 2.38. The molecule has 1 aliphatic carbocycles. The zero-order chi connectivity index (χ0) is 22.9. The number of nitrogens with one attached hydrogen (secondary N) is 1. The molecule has 0 aliphatic heterocycles. The van der Waals surface area contributed by atoms with Gasteiger partial charge in [0.15, 0.2) is 0 Å². The van der Waals surface area contributed by atoms with Gasteiger partial charge in [-0.05, 0) is 87.1 Å². The summed E-state index contributed by atoms with van der Waals surface area (Å²) in [5, 5.41) is 26.6. The van der Waals surface area contributed by atoms with Crippen LogP contribution in [-0.4, -0.2) is 20.4 Å². The number of ether oxygens (including phenoxy) is 1. The van der Waals surface area contributed by atoms with Crippen molar-refractivity contribution in [3.8, 4) is 23.1 Å². The molecule has 1 aliphatic rings. The van der Waals surface area contributed by atoms with Crippen LogP contribution in [0.2, 0.25) is 0 Å². The molecule has 2 aromatic carbocycles. The van der Waals surface area contributed by atoms with E-state index in [0.29, 0.717) is 11.5 Å². The fraction of sp³-hybridized carbons (Fsp3) is 0.333. The molecule has 1 atom stereocenters. The number of aromatic nitrogens is 4. The molecule has 0 radical (unpaired) electrons. The Kier molecular flexibility index (Phi) is 5.55. The number of nitriles is 1. The van der Waals surface area contributed by atoms with Crippen molar-refractivity contribution in [2.45, 2.75) is 58.5 Å². The van der Waals surface area contributed by atoms with Gasteiger partial charge >= 0.3 is 0 Å². The smallest absolute Gasteiger partial charge is 0.123 e. The first-order valence-electron chi connectivity index (χ1n) is 11.5. The highest BCUT2D eigenvalue weighted by Gasteiger charge is 2.20. The second-order valence-electron chi connectivity index (χ2n) is 9.00. The topological polar surface area (TPSA) is 87.5 Å². The molecule has 2 aromatic heterocycles. The van der Waals surface area contributed by atoms with E-state index in [-0.39, 0.29) is 6.10 Å². The largest absolute Gasteiger partial charge is 0.486 e. The lowest BCUT2D eigenvalue weighted by atomic mass is 9.92. The molecule has 0 spiro atoms. The van der Waals surface area contributed by atoms with Gasteiger partial charge in [-0.1, -0.05) is 12.8 Å². The molecule has 1 fully saturated rings. The van der Waals surface area contributed by atoms with Crippen LogP contribution in [0.3, 0.4) is 0 Å². The van der Waals surface area contributed by atoms with E-state index in [9.17, 15) is 5.26 Å². The molecule has 2 heterocycles. The van der Waals surface area contributed by atoms with Crippen molar-refractivity contribution in [1.82, 2.24) is 20.4 Å². The second kappa shape index (κ2) is 8.67. The Morgan fingerprint density at radius 2 is 1.94 bits per heavy atom. The van der Waals surface area contributed by atoms with Crippen molar-refractivity contribution in [3.63, 3.8) is 0 Å². The Balaban J connectivity index is 1.52. The van der Waals surface area contributed by atoms with E-state index in [2.05, 4.69) is 32.5 Å². The molecule has 1 saturated carbocycles. The number of hydrogen-bond acceptors (Lipinski definition) is 5. The number of aromatic amines is 1. The van der Waals surface area contributed by atoms with E-state index in [0.717, 1.165) is 44.7 Å². The average Bonchev–Trinajstić information content (AvgIpc) is 3.49. The van der Waals surface area contributed by atoms with Crippen molar-refractivity contribution in [2.24, 2.45) is 0 Å². The molecule has 33 heavy (non-hydrogen) atoms. The summed E-state index contributed by atoms with van der Waals surface area (Å²) in [4.78, 5) is 0. The zero-order valence-electron chi connectivity index (χ0n) is 19.2. The Labute approximate surface area is 193 Å². The zero-order valence-corrected chi connectivity index (χ0v) is 19.2. The fourth-order valence-corrected chi connectivity index (χ4v) is 5.12. The summed E-state index contributed by atoms with van der Waals surface area (Å²) in [5.41, 5.74) is 7.67. The van der Waals surface area contributed by atoms with E-state index in [1.54, 1.807) is 6.20 Å². The van der Waals surface area contributed by atoms with E-state index in [4.69, 9.17) is 4.74 Å². The third-order valence-corrected chi connectivity index (χ3v) is 6.71. The van der Waals surface area contributed by atoms with Gasteiger partial charge < -0.3 is 4.74 Å². The molecule has 0 saturated heterocycles. The molecule has 0 bridgehead atoms. The summed E-state index contributed by atoms with van der Waals surface area (Å²) < 4.78 is 6.32. The minimum Gasteiger partial charge on any atom is -0.486 e. The van der Waals surface area contributed by atoms with Crippen molar-refractivity contribution < 1.29 is 4.74 Å². The fourth-order valence-electron chi connectivity index (χ4n) is 5.12. The van der Waals surface area contributed by atoms with E-state index in [1.807, 2.05) is 51.1 Å². The number of nitrogens with zero attached hydrogens (tertiary/aromatic N) is 4. The van der Waals surface area contributed by atoms with E-state index >= 15 is 0 Å². The van der Waals surface area contributed by atoms with Crippen LogP contribution in [0, 0.1) is 25.2 Å². The van der Waals surface area contributed by atoms with Crippen molar-refractivity contribution in [3.05, 3.63) is 70.5 Å². The summed E-state index contributed by atoms with van der Waals surface area (Å²) in [6, 6.07) is 14.5. The van der Waals surface area contributed by atoms with Crippen LogP contribution in [0.4, 0.5) is 0 Å². The highest BCUT2D eigenvalue weighted by atomic mass is 16.5. The molecule has 5 rings (SSSR count). The lowest BCUT2D eigenvalue weighted by molar-refractivity contribution is 0.225. The Morgan fingerprint density at radius 3 is 2.70 bits per heavy atom. The van der Waals surface area contributed by atoms with Crippen LogP contribution in [-0.2, 0) is 0 Å². The average molecular weight is 438 g/mol. The summed E-state index contributed by atoms with van der Waals surface area (Å²) in [5.74, 6) is 1.29. The van der Waals surface area contributed by atoms with Crippen LogP contribution < -0.4 is 4.74 Å². The third-order valence-electron chi connectivity index (χ3n) is 6.71. The first-order valence-corrected chi connectivity index (χ1v) is 11.5. The molecule has 6 nitrogen and oxygen atoms in total. The van der Waals surface area contributed by atoms with E-state index in [1.165, 1.54) is 31.2 Å². The second-order valence-corrected chi connectivity index (χ2v) is 9.00. The van der Waals surface area contributed by atoms with Gasteiger partial charge in [0.05, 0.1) is 29.0 Å². The molecular weight excluding hydrogens is 410 g/mol. The van der Waals surface area contributed by atoms with Crippen LogP contribution >= 0.6 is 0 Å². The van der Waals surface area contributed by atoms with Crippen LogP contribution in [0.25, 0.3) is 22.2 Å². The minimum atomic E-state index is -0.163. The molecule has 4 aromatic rings. The number of rotatable bonds is 5. The molecular formula is C27H27N5O. The van der Waals surface area contributed by atoms with Gasteiger partial charge in [0.25, 0.3) is 0 Å². The van der Waals surface area contributed by atoms with Gasteiger partial charge in [0, 0.05) is 16.5 Å². The SMILES string of the molecule is Cc1cnnc(C)c1[C@@H](C)Oc1ccc2[nH]nc(-c3cc(C#N)cc(C4CCCC4)c3)c2c1. The predicted molar refractivity (Wildman–Crippen MR) is 128 cm³/mol. The lowest BCUT2D eigenvalue weighted by Gasteiger charge is -2.18. The van der Waals surface area contributed by atoms with Gasteiger partial charge in [-0.2, -0.15) is 20.6 Å². The Bertz CT molecular complexity index is 1340. The first-order chi connectivity index (χ1) is 16.0. The van der Waals surface area contributed by atoms with Gasteiger partial charge in [0.1, 0.15) is 17.5 Å². The molecule has 0 unspecified atom stereocenters. The third kappa shape index (κ3) is 4.07. The molecule has 6 heteroatoms. The molecule has 166 valence electrons. The van der Waals surface area contributed by atoms with Gasteiger partial charge in [0.2, 0.25) is 0 Å². The van der Waals surface area contributed by atoms with Crippen LogP contribution in [0.1, 0.15) is 72.6 Å². The lowest BCUT2D eigenvalue weighted by Crippen LogP contribution is -2.09. The van der Waals surface area contributed by atoms with Gasteiger partial charge in [-0.3, -0.25) is 5.10 Å². The van der Waals surface area contributed by atoms with Crippen molar-refractivity contribution in [1.29, 1.82) is 5.26 Å². The van der Waals surface area contributed by atoms with Crippen molar-refractivity contribution >= 4 is 10.9 Å². The summed E-state index contributed by atoms with van der Waals surface area (Å²) >= 11 is 0. The molecule has 1 N–H and O–H groups in total. The Morgan fingerprint density at radius 1 is 1.12 bits per heavy atom. The number of fused-ring (bicyclic) bond motifs is 1. The van der Waals surface area contributed by atoms with Gasteiger partial charge in [-0.15, -0.1) is 0 Å². The molecule has 0 amide bonds. The number of benzene rings is 2. The monoisotopic (exact) mass is 437 g/mol. The maximum absolute atomic E-state index is 9.63. The standard InChI is InChI=1S/C27H27N5O/c1-16-15-29-30-17(2)26(16)18(3)33-23-8-9-25-24(13-23)27(32-31-25)22-11-19(14-28)10-21(12-22)20-6-4-5-7-20/h8-13,15,18,20H,4-7H2,1-3H3,(H,31,32)/t18-/m1/s1. The number of H-pyrrole nitrogens is 1. The number of aryl methyl sites for hydroxylation is 2. The summed E-state index contributed by atoms with van der Waals surface area (Å²) in [6.07, 6.45) is 6.50. The normalized spacial score (nSPS) is 15.0. The Hall–Kier alpha value is -3.72. The first kappa shape index (κ1) is 21.1. The van der Waals surface area contributed by atoms with Crippen LogP contribution in [0.15, 0.2) is 42.6 Å². The van der Waals surface area contributed by atoms with E-state index < -0.39 is 0 Å².